The zero-order chi connectivity index (χ0) is 15.0. The van der Waals surface area contributed by atoms with E-state index in [0.29, 0.717) is 12.4 Å². The van der Waals surface area contributed by atoms with E-state index >= 15 is 0 Å². The molecule has 1 aromatic carbocycles. The molecule has 0 aliphatic carbocycles. The van der Waals surface area contributed by atoms with E-state index in [-0.39, 0.29) is 17.4 Å². The molecule has 2 unspecified atom stereocenters. The van der Waals surface area contributed by atoms with Gasteiger partial charge in [-0.1, -0.05) is 6.92 Å². The third kappa shape index (κ3) is 3.05. The van der Waals surface area contributed by atoms with Crippen LogP contribution in [-0.4, -0.2) is 22.9 Å². The van der Waals surface area contributed by atoms with E-state index in [1.54, 1.807) is 0 Å². The van der Waals surface area contributed by atoms with Crippen LogP contribution >= 0.6 is 7.75 Å². The molecular formula is C14H21FNO3P. The molecule has 1 saturated heterocycles. The Labute approximate surface area is 119 Å². The molecule has 1 aliphatic rings. The lowest BCUT2D eigenvalue weighted by Crippen LogP contribution is -2.43. The van der Waals surface area contributed by atoms with E-state index in [1.807, 2.05) is 32.4 Å². The Bertz CT molecular complexity index is 512. The van der Waals surface area contributed by atoms with Crippen LogP contribution in [0.2, 0.25) is 0 Å². The van der Waals surface area contributed by atoms with Gasteiger partial charge in [-0.25, -0.2) is 8.96 Å². The average molecular weight is 301 g/mol. The van der Waals surface area contributed by atoms with E-state index < -0.39 is 7.75 Å². The first-order valence-electron chi connectivity index (χ1n) is 6.76. The molecule has 1 aliphatic heterocycles. The average Bonchev–Trinajstić information content (AvgIpc) is 2.69. The number of halogens is 1. The van der Waals surface area contributed by atoms with Crippen molar-refractivity contribution in [1.82, 2.24) is 4.67 Å². The van der Waals surface area contributed by atoms with Gasteiger partial charge in [-0.15, -0.1) is 0 Å². The molecule has 0 N–H and O–H groups in total. The third-order valence-corrected chi connectivity index (χ3v) is 5.60. The normalized spacial score (nSPS) is 27.8. The SMILES string of the molecule is CCC1COP(=O)(Oc2ccc(F)cc2)N1C(C)(C)C. The first kappa shape index (κ1) is 15.5. The quantitative estimate of drug-likeness (QED) is 0.783. The summed E-state index contributed by atoms with van der Waals surface area (Å²) < 4.78 is 38.8. The molecule has 0 radical (unpaired) electrons. The van der Waals surface area contributed by atoms with Gasteiger partial charge in [-0.2, -0.15) is 4.67 Å². The van der Waals surface area contributed by atoms with Crippen molar-refractivity contribution >= 4 is 7.75 Å². The van der Waals surface area contributed by atoms with Crippen molar-refractivity contribution in [3.05, 3.63) is 30.1 Å². The lowest BCUT2D eigenvalue weighted by Gasteiger charge is -2.37. The van der Waals surface area contributed by atoms with Crippen LogP contribution in [0.4, 0.5) is 4.39 Å². The Hall–Kier alpha value is -0.900. The number of hydrogen-bond acceptors (Lipinski definition) is 3. The van der Waals surface area contributed by atoms with Gasteiger partial charge >= 0.3 is 7.75 Å². The second-order valence-electron chi connectivity index (χ2n) is 5.89. The van der Waals surface area contributed by atoms with Crippen molar-refractivity contribution in [1.29, 1.82) is 0 Å². The lowest BCUT2D eigenvalue weighted by molar-refractivity contribution is 0.189. The third-order valence-electron chi connectivity index (χ3n) is 3.23. The summed E-state index contributed by atoms with van der Waals surface area (Å²) in [7, 11) is -3.40. The van der Waals surface area contributed by atoms with E-state index in [0.717, 1.165) is 6.42 Å². The Kier molecular flexibility index (Phi) is 4.24. The van der Waals surface area contributed by atoms with Gasteiger partial charge in [0.25, 0.3) is 0 Å². The topological polar surface area (TPSA) is 38.8 Å². The predicted octanol–water partition coefficient (Wildman–Crippen LogP) is 4.22. The molecule has 0 saturated carbocycles. The molecule has 1 aromatic rings. The highest BCUT2D eigenvalue weighted by Crippen LogP contribution is 2.60. The molecule has 2 rings (SSSR count). The Morgan fingerprint density at radius 3 is 2.50 bits per heavy atom. The molecule has 20 heavy (non-hydrogen) atoms. The second kappa shape index (κ2) is 5.47. The molecule has 6 heteroatoms. The summed E-state index contributed by atoms with van der Waals surface area (Å²) in [4.78, 5) is 0. The zero-order valence-electron chi connectivity index (χ0n) is 12.3. The van der Waals surface area contributed by atoms with Gasteiger partial charge in [0, 0.05) is 11.6 Å². The Morgan fingerprint density at radius 2 is 2.00 bits per heavy atom. The van der Waals surface area contributed by atoms with Crippen molar-refractivity contribution in [3.8, 4) is 5.75 Å². The minimum Gasteiger partial charge on any atom is -0.413 e. The molecule has 2 atom stereocenters. The van der Waals surface area contributed by atoms with Crippen LogP contribution in [0.1, 0.15) is 34.1 Å². The number of hydrogen-bond donors (Lipinski definition) is 0. The fraction of sp³-hybridized carbons (Fsp3) is 0.571. The molecule has 112 valence electrons. The minimum absolute atomic E-state index is 0.0567. The van der Waals surface area contributed by atoms with Crippen LogP contribution in [0.25, 0.3) is 0 Å². The fourth-order valence-electron chi connectivity index (χ4n) is 2.42. The van der Waals surface area contributed by atoms with Crippen LogP contribution in [0, 0.1) is 5.82 Å². The summed E-state index contributed by atoms with van der Waals surface area (Å²) in [6.07, 6.45) is 0.827. The monoisotopic (exact) mass is 301 g/mol. The molecule has 1 heterocycles. The van der Waals surface area contributed by atoms with Crippen LogP contribution < -0.4 is 4.52 Å². The summed E-state index contributed by atoms with van der Waals surface area (Å²) in [5.74, 6) is -0.0113. The van der Waals surface area contributed by atoms with Crippen molar-refractivity contribution in [2.75, 3.05) is 6.61 Å². The molecule has 0 amide bonds. The van der Waals surface area contributed by atoms with Crippen molar-refractivity contribution in [2.45, 2.75) is 45.7 Å². The molecule has 1 fully saturated rings. The first-order chi connectivity index (χ1) is 9.26. The van der Waals surface area contributed by atoms with Gasteiger partial charge < -0.3 is 4.52 Å². The minimum atomic E-state index is -3.40. The molecule has 0 aromatic heterocycles. The van der Waals surface area contributed by atoms with E-state index in [1.165, 1.54) is 24.3 Å². The maximum atomic E-state index is 13.0. The van der Waals surface area contributed by atoms with E-state index in [4.69, 9.17) is 9.05 Å². The summed E-state index contributed by atoms with van der Waals surface area (Å²) in [6.45, 7) is 8.34. The summed E-state index contributed by atoms with van der Waals surface area (Å²) in [6, 6.07) is 5.52. The van der Waals surface area contributed by atoms with Crippen LogP contribution in [0.5, 0.6) is 5.75 Å². The largest absolute Gasteiger partial charge is 0.462 e. The van der Waals surface area contributed by atoms with Crippen molar-refractivity contribution in [2.24, 2.45) is 0 Å². The fourth-order valence-corrected chi connectivity index (χ4v) is 4.80. The van der Waals surface area contributed by atoms with Gasteiger partial charge in [-0.05, 0) is 51.5 Å². The highest BCUT2D eigenvalue weighted by atomic mass is 31.2. The van der Waals surface area contributed by atoms with Gasteiger partial charge in [0.1, 0.15) is 11.6 Å². The molecule has 0 spiro atoms. The van der Waals surface area contributed by atoms with Crippen LogP contribution in [-0.2, 0) is 9.09 Å². The zero-order valence-corrected chi connectivity index (χ0v) is 13.2. The highest BCUT2D eigenvalue weighted by Gasteiger charge is 2.51. The van der Waals surface area contributed by atoms with Crippen LogP contribution in [0.15, 0.2) is 24.3 Å². The van der Waals surface area contributed by atoms with Gasteiger partial charge in [-0.3, -0.25) is 4.52 Å². The Morgan fingerprint density at radius 1 is 1.40 bits per heavy atom. The van der Waals surface area contributed by atoms with E-state index in [9.17, 15) is 8.96 Å². The molecule has 4 nitrogen and oxygen atoms in total. The van der Waals surface area contributed by atoms with Gasteiger partial charge in [0.2, 0.25) is 0 Å². The van der Waals surface area contributed by atoms with Crippen LogP contribution in [0.3, 0.4) is 0 Å². The van der Waals surface area contributed by atoms with Gasteiger partial charge in [0.15, 0.2) is 0 Å². The second-order valence-corrected chi connectivity index (χ2v) is 7.70. The maximum Gasteiger partial charge on any atom is 0.462 e. The van der Waals surface area contributed by atoms with Crippen molar-refractivity contribution in [3.63, 3.8) is 0 Å². The summed E-state index contributed by atoms with van der Waals surface area (Å²) in [5, 5.41) is 0. The van der Waals surface area contributed by atoms with Crippen molar-refractivity contribution < 1.29 is 18.0 Å². The lowest BCUT2D eigenvalue weighted by atomic mass is 10.1. The maximum absolute atomic E-state index is 13.0. The highest BCUT2D eigenvalue weighted by molar-refractivity contribution is 7.52. The number of nitrogens with zero attached hydrogens (tertiary/aromatic N) is 1. The standard InChI is InChI=1S/C14H21FNO3P/c1-5-12-10-18-20(17,16(12)14(2,3)4)19-13-8-6-11(15)7-9-13/h6-9,12H,5,10H2,1-4H3. The van der Waals surface area contributed by atoms with Gasteiger partial charge in [0.05, 0.1) is 6.61 Å². The smallest absolute Gasteiger partial charge is 0.413 e. The summed E-state index contributed by atoms with van der Waals surface area (Å²) >= 11 is 0. The number of benzene rings is 1. The van der Waals surface area contributed by atoms with E-state index in [2.05, 4.69) is 0 Å². The summed E-state index contributed by atoms with van der Waals surface area (Å²) in [5.41, 5.74) is -0.341. The first-order valence-corrected chi connectivity index (χ1v) is 8.25. The predicted molar refractivity (Wildman–Crippen MR) is 76.3 cm³/mol. The molecule has 0 bridgehead atoms. The molecular weight excluding hydrogens is 280 g/mol. The Balaban J connectivity index is 2.28. The number of rotatable bonds is 3.